The van der Waals surface area contributed by atoms with Crippen molar-refractivity contribution in [1.29, 1.82) is 0 Å². The Balaban J connectivity index is 3.01. The second kappa shape index (κ2) is 6.78. The van der Waals surface area contributed by atoms with Crippen molar-refractivity contribution in [1.82, 2.24) is 5.32 Å². The number of hydrogen-bond donors (Lipinski definition) is 3. The van der Waals surface area contributed by atoms with Crippen LogP contribution in [0, 0.1) is 17.5 Å². The van der Waals surface area contributed by atoms with E-state index in [4.69, 9.17) is 10.9 Å². The van der Waals surface area contributed by atoms with Crippen LogP contribution in [0.25, 0.3) is 0 Å². The van der Waals surface area contributed by atoms with Crippen molar-refractivity contribution in [2.75, 3.05) is 0 Å². The van der Waals surface area contributed by atoms with Crippen molar-refractivity contribution in [3.8, 4) is 0 Å². The largest absolute Gasteiger partial charge is 0.409 e. The van der Waals surface area contributed by atoms with Crippen LogP contribution in [-0.4, -0.2) is 23.0 Å². The first-order valence-corrected chi connectivity index (χ1v) is 5.83. The molecule has 5 nitrogen and oxygen atoms in total. The third-order valence-electron chi connectivity index (χ3n) is 2.59. The van der Waals surface area contributed by atoms with Crippen LogP contribution in [0.4, 0.5) is 13.2 Å². The summed E-state index contributed by atoms with van der Waals surface area (Å²) >= 11 is 0. The number of nitrogens with one attached hydrogen (secondary N) is 1. The molecule has 1 unspecified atom stereocenters. The van der Waals surface area contributed by atoms with Gasteiger partial charge in [0.15, 0.2) is 5.84 Å². The fraction of sp³-hybridized carbons (Fsp3) is 0.333. The summed E-state index contributed by atoms with van der Waals surface area (Å²) in [4.78, 5) is 11.8. The van der Waals surface area contributed by atoms with Crippen LogP contribution >= 0.6 is 0 Å². The van der Waals surface area contributed by atoms with E-state index in [1.54, 1.807) is 6.92 Å². The van der Waals surface area contributed by atoms with Gasteiger partial charge in [-0.2, -0.15) is 0 Å². The molecule has 1 atom stereocenters. The SMILES string of the molecule is CCCC(NC(=O)c1c(F)cc(F)cc1F)C(N)=NO. The van der Waals surface area contributed by atoms with Gasteiger partial charge in [0.2, 0.25) is 0 Å². The molecule has 0 heterocycles. The van der Waals surface area contributed by atoms with Gasteiger partial charge < -0.3 is 16.3 Å². The lowest BCUT2D eigenvalue weighted by molar-refractivity contribution is 0.0936. The number of nitrogens with two attached hydrogens (primary N) is 1. The van der Waals surface area contributed by atoms with Gasteiger partial charge in [0.1, 0.15) is 23.0 Å². The summed E-state index contributed by atoms with van der Waals surface area (Å²) in [5.41, 5.74) is 4.45. The summed E-state index contributed by atoms with van der Waals surface area (Å²) in [6, 6.07) is -0.0755. The topological polar surface area (TPSA) is 87.7 Å². The van der Waals surface area contributed by atoms with Crippen LogP contribution < -0.4 is 11.1 Å². The predicted molar refractivity (Wildman–Crippen MR) is 65.9 cm³/mol. The quantitative estimate of drug-likeness (QED) is 0.334. The van der Waals surface area contributed by atoms with Gasteiger partial charge in [-0.1, -0.05) is 18.5 Å². The molecule has 0 aliphatic carbocycles. The summed E-state index contributed by atoms with van der Waals surface area (Å²) in [5.74, 6) is -5.17. The van der Waals surface area contributed by atoms with Gasteiger partial charge in [-0.25, -0.2) is 13.2 Å². The average molecular weight is 289 g/mol. The summed E-state index contributed by atoms with van der Waals surface area (Å²) in [6.07, 6.45) is 0.890. The third-order valence-corrected chi connectivity index (χ3v) is 2.59. The maximum Gasteiger partial charge on any atom is 0.257 e. The molecule has 0 aliphatic heterocycles. The molecule has 0 fully saturated rings. The van der Waals surface area contributed by atoms with E-state index in [1.807, 2.05) is 0 Å². The van der Waals surface area contributed by atoms with Crippen molar-refractivity contribution in [3.63, 3.8) is 0 Å². The predicted octanol–water partition coefficient (Wildman–Crippen LogP) is 1.75. The van der Waals surface area contributed by atoms with Crippen LogP contribution in [0.5, 0.6) is 0 Å². The molecule has 0 bridgehead atoms. The van der Waals surface area contributed by atoms with Crippen molar-refractivity contribution >= 4 is 11.7 Å². The lowest BCUT2D eigenvalue weighted by Gasteiger charge is -2.17. The van der Waals surface area contributed by atoms with Crippen molar-refractivity contribution in [2.24, 2.45) is 10.9 Å². The number of hydrogen-bond acceptors (Lipinski definition) is 3. The number of benzene rings is 1. The van der Waals surface area contributed by atoms with Crippen LogP contribution in [0.1, 0.15) is 30.1 Å². The highest BCUT2D eigenvalue weighted by Gasteiger charge is 2.23. The number of halogens is 3. The Morgan fingerprint density at radius 3 is 2.40 bits per heavy atom. The first-order valence-electron chi connectivity index (χ1n) is 5.83. The molecule has 8 heteroatoms. The van der Waals surface area contributed by atoms with Gasteiger partial charge in [-0.3, -0.25) is 4.79 Å². The molecule has 20 heavy (non-hydrogen) atoms. The Kier molecular flexibility index (Phi) is 5.36. The van der Waals surface area contributed by atoms with E-state index in [0.29, 0.717) is 25.0 Å². The zero-order valence-corrected chi connectivity index (χ0v) is 10.7. The number of nitrogens with zero attached hydrogens (tertiary/aromatic N) is 1. The molecule has 1 aromatic carbocycles. The van der Waals surface area contributed by atoms with E-state index in [2.05, 4.69) is 10.5 Å². The Morgan fingerprint density at radius 2 is 1.95 bits per heavy atom. The normalized spacial score (nSPS) is 13.1. The molecule has 4 N–H and O–H groups in total. The number of amides is 1. The minimum absolute atomic E-state index is 0.289. The molecule has 1 rings (SSSR count). The first kappa shape index (κ1) is 15.8. The third kappa shape index (κ3) is 3.62. The fourth-order valence-corrected chi connectivity index (χ4v) is 1.64. The Hall–Kier alpha value is -2.25. The number of carbonyl (C=O) groups excluding carboxylic acids is 1. The van der Waals surface area contributed by atoms with E-state index in [1.165, 1.54) is 0 Å². The molecule has 0 aromatic heterocycles. The van der Waals surface area contributed by atoms with Gasteiger partial charge in [0.25, 0.3) is 5.91 Å². The minimum Gasteiger partial charge on any atom is -0.409 e. The van der Waals surface area contributed by atoms with Gasteiger partial charge in [-0.05, 0) is 6.42 Å². The minimum atomic E-state index is -1.32. The van der Waals surface area contributed by atoms with E-state index in [9.17, 15) is 18.0 Å². The molecule has 1 amide bonds. The molecule has 110 valence electrons. The van der Waals surface area contributed by atoms with Crippen LogP contribution in [0.15, 0.2) is 17.3 Å². The van der Waals surface area contributed by atoms with Crippen LogP contribution in [0.2, 0.25) is 0 Å². The zero-order chi connectivity index (χ0) is 15.3. The molecular weight excluding hydrogens is 275 g/mol. The van der Waals surface area contributed by atoms with Gasteiger partial charge in [0.05, 0.1) is 6.04 Å². The van der Waals surface area contributed by atoms with Crippen molar-refractivity contribution in [2.45, 2.75) is 25.8 Å². The summed E-state index contributed by atoms with van der Waals surface area (Å²) in [5, 5.41) is 13.5. The highest BCUT2D eigenvalue weighted by Crippen LogP contribution is 2.15. The summed E-state index contributed by atoms with van der Waals surface area (Å²) in [7, 11) is 0. The fourth-order valence-electron chi connectivity index (χ4n) is 1.64. The van der Waals surface area contributed by atoms with Crippen LogP contribution in [-0.2, 0) is 0 Å². The van der Waals surface area contributed by atoms with Gasteiger partial charge in [0, 0.05) is 12.1 Å². The standard InChI is InChI=1S/C12H14F3N3O2/c1-2-3-9(11(16)18-20)17-12(19)10-7(14)4-6(13)5-8(10)15/h4-5,9,20H,2-3H2,1H3,(H2,16,18)(H,17,19). The van der Waals surface area contributed by atoms with Crippen molar-refractivity contribution in [3.05, 3.63) is 35.1 Å². The number of rotatable bonds is 5. The van der Waals surface area contributed by atoms with Gasteiger partial charge >= 0.3 is 0 Å². The lowest BCUT2D eigenvalue weighted by atomic mass is 10.1. The monoisotopic (exact) mass is 289 g/mol. The van der Waals surface area contributed by atoms with Crippen LogP contribution in [0.3, 0.4) is 0 Å². The molecule has 0 aliphatic rings. The maximum atomic E-state index is 13.4. The Morgan fingerprint density at radius 1 is 1.40 bits per heavy atom. The zero-order valence-electron chi connectivity index (χ0n) is 10.7. The second-order valence-corrected chi connectivity index (χ2v) is 4.08. The van der Waals surface area contributed by atoms with E-state index in [-0.39, 0.29) is 5.84 Å². The number of carbonyl (C=O) groups is 1. The smallest absolute Gasteiger partial charge is 0.257 e. The van der Waals surface area contributed by atoms with E-state index in [0.717, 1.165) is 0 Å². The first-order chi connectivity index (χ1) is 9.40. The molecule has 0 spiro atoms. The van der Waals surface area contributed by atoms with E-state index >= 15 is 0 Å². The molecule has 0 radical (unpaired) electrons. The lowest BCUT2D eigenvalue weighted by Crippen LogP contribution is -2.45. The highest BCUT2D eigenvalue weighted by atomic mass is 19.1. The van der Waals surface area contributed by atoms with Crippen molar-refractivity contribution < 1.29 is 23.2 Å². The molecule has 1 aromatic rings. The van der Waals surface area contributed by atoms with Gasteiger partial charge in [-0.15, -0.1) is 0 Å². The maximum absolute atomic E-state index is 13.4. The molecular formula is C12H14F3N3O2. The summed E-state index contributed by atoms with van der Waals surface area (Å²) < 4.78 is 39.6. The Labute approximate surface area is 113 Å². The average Bonchev–Trinajstić information content (AvgIpc) is 2.36. The number of amidine groups is 1. The second-order valence-electron chi connectivity index (χ2n) is 4.08. The molecule has 0 saturated heterocycles. The highest BCUT2D eigenvalue weighted by molar-refractivity contribution is 5.98. The Bertz CT molecular complexity index is 512. The number of oxime groups is 1. The van der Waals surface area contributed by atoms with E-state index < -0.39 is 35.0 Å². The molecule has 0 saturated carbocycles. The summed E-state index contributed by atoms with van der Waals surface area (Å²) in [6.45, 7) is 1.78.